The number of hydrogen-bond donors (Lipinski definition) is 2. The summed E-state index contributed by atoms with van der Waals surface area (Å²) in [6.07, 6.45) is 1.72. The van der Waals surface area contributed by atoms with E-state index in [1.807, 2.05) is 0 Å². The van der Waals surface area contributed by atoms with Gasteiger partial charge in [0.05, 0.1) is 15.1 Å². The number of amides is 1. The van der Waals surface area contributed by atoms with E-state index in [4.69, 9.17) is 21.4 Å². The second-order valence-electron chi connectivity index (χ2n) is 5.33. The lowest BCUT2D eigenvalue weighted by atomic mass is 10.2. The van der Waals surface area contributed by atoms with E-state index in [-0.39, 0.29) is 5.91 Å². The van der Waals surface area contributed by atoms with Crippen LogP contribution in [0.4, 0.5) is 5.69 Å². The number of carboxylic acid groups (broad SMARTS) is 1. The molecule has 1 heterocycles. The fourth-order valence-corrected chi connectivity index (χ4v) is 3.61. The monoisotopic (exact) mass is 466 g/mol. The van der Waals surface area contributed by atoms with Gasteiger partial charge in [-0.2, -0.15) is 0 Å². The van der Waals surface area contributed by atoms with Crippen molar-refractivity contribution >= 4 is 68.1 Å². The quantitative estimate of drug-likeness (QED) is 0.634. The van der Waals surface area contributed by atoms with Crippen molar-refractivity contribution in [1.29, 1.82) is 0 Å². The van der Waals surface area contributed by atoms with Gasteiger partial charge in [0.15, 0.2) is 11.8 Å². The van der Waals surface area contributed by atoms with E-state index >= 15 is 0 Å². The molecule has 1 saturated heterocycles. The summed E-state index contributed by atoms with van der Waals surface area (Å²) in [5, 5.41) is 12.5. The fourth-order valence-electron chi connectivity index (χ4n) is 2.13. The van der Waals surface area contributed by atoms with E-state index < -0.39 is 12.6 Å². The number of rotatable bonds is 5. The van der Waals surface area contributed by atoms with Crippen LogP contribution in [0.2, 0.25) is 5.02 Å². The molecular weight excluding hydrogens is 456 g/mol. The molecule has 0 atom stereocenters. The summed E-state index contributed by atoms with van der Waals surface area (Å²) in [5.41, 5.74) is 1.45. The highest BCUT2D eigenvalue weighted by Crippen LogP contribution is 2.31. The highest BCUT2D eigenvalue weighted by Gasteiger charge is 2.23. The predicted octanol–water partition coefficient (Wildman–Crippen LogP) is 4.46. The molecule has 138 valence electrons. The van der Waals surface area contributed by atoms with Crippen LogP contribution in [0, 0.1) is 0 Å². The first-order chi connectivity index (χ1) is 12.9. The van der Waals surface area contributed by atoms with Crippen molar-refractivity contribution in [2.24, 2.45) is 4.99 Å². The smallest absolute Gasteiger partial charge is 0.341 e. The predicted molar refractivity (Wildman–Crippen MR) is 110 cm³/mol. The molecule has 1 fully saturated rings. The molecular formula is C18H12BrClN2O4S. The van der Waals surface area contributed by atoms with Gasteiger partial charge in [0.25, 0.3) is 5.91 Å². The molecule has 0 aliphatic carbocycles. The number of halogens is 2. The van der Waals surface area contributed by atoms with Crippen LogP contribution in [-0.4, -0.2) is 28.8 Å². The lowest BCUT2D eigenvalue weighted by Crippen LogP contribution is -2.19. The Balaban J connectivity index is 1.75. The van der Waals surface area contributed by atoms with Crippen LogP contribution in [0.15, 0.2) is 56.8 Å². The van der Waals surface area contributed by atoms with Crippen LogP contribution in [0.25, 0.3) is 6.08 Å². The molecule has 0 bridgehead atoms. The summed E-state index contributed by atoms with van der Waals surface area (Å²) < 4.78 is 5.75. The van der Waals surface area contributed by atoms with E-state index in [1.54, 1.807) is 48.5 Å². The lowest BCUT2D eigenvalue weighted by Gasteiger charge is -2.06. The Morgan fingerprint density at radius 3 is 2.70 bits per heavy atom. The Hall–Kier alpha value is -2.29. The average Bonchev–Trinajstić information content (AvgIpc) is 2.95. The van der Waals surface area contributed by atoms with Crippen molar-refractivity contribution in [3.05, 3.63) is 62.4 Å². The Kier molecular flexibility index (Phi) is 6.20. The Labute approximate surface area is 172 Å². The minimum atomic E-state index is -1.06. The summed E-state index contributed by atoms with van der Waals surface area (Å²) in [6.45, 7) is -0.429. The number of amidine groups is 1. The normalized spacial score (nSPS) is 16.6. The van der Waals surface area contributed by atoms with Gasteiger partial charge in [-0.15, -0.1) is 0 Å². The van der Waals surface area contributed by atoms with Crippen molar-refractivity contribution in [2.45, 2.75) is 0 Å². The zero-order valence-electron chi connectivity index (χ0n) is 13.6. The molecule has 27 heavy (non-hydrogen) atoms. The first kappa shape index (κ1) is 19.5. The molecule has 0 radical (unpaired) electrons. The number of hydrogen-bond acceptors (Lipinski definition) is 5. The van der Waals surface area contributed by atoms with Gasteiger partial charge in [-0.1, -0.05) is 17.7 Å². The molecule has 6 nitrogen and oxygen atoms in total. The topological polar surface area (TPSA) is 88.0 Å². The summed E-state index contributed by atoms with van der Waals surface area (Å²) in [4.78, 5) is 27.6. The molecule has 2 N–H and O–H groups in total. The summed E-state index contributed by atoms with van der Waals surface area (Å²) in [5.74, 6) is -0.886. The van der Waals surface area contributed by atoms with Gasteiger partial charge < -0.3 is 15.2 Å². The van der Waals surface area contributed by atoms with Crippen LogP contribution >= 0.6 is 39.3 Å². The lowest BCUT2D eigenvalue weighted by molar-refractivity contribution is -0.139. The Morgan fingerprint density at radius 2 is 2.04 bits per heavy atom. The van der Waals surface area contributed by atoms with Gasteiger partial charge in [0.1, 0.15) is 5.75 Å². The Bertz CT molecular complexity index is 960. The molecule has 2 aromatic rings. The van der Waals surface area contributed by atoms with Gasteiger partial charge in [-0.3, -0.25) is 4.79 Å². The largest absolute Gasteiger partial charge is 0.481 e. The van der Waals surface area contributed by atoms with Gasteiger partial charge >= 0.3 is 5.97 Å². The number of aliphatic imine (C=N–C) groups is 1. The highest BCUT2D eigenvalue weighted by atomic mass is 79.9. The van der Waals surface area contributed by atoms with Gasteiger partial charge in [0, 0.05) is 5.02 Å². The maximum atomic E-state index is 12.2. The minimum absolute atomic E-state index is 0.241. The first-order valence-corrected chi connectivity index (χ1v) is 9.59. The third-order valence-electron chi connectivity index (χ3n) is 3.31. The molecule has 1 amide bonds. The van der Waals surface area contributed by atoms with Gasteiger partial charge in [-0.05, 0) is 75.7 Å². The number of carbonyl (C=O) groups excluding carboxylic acids is 1. The maximum Gasteiger partial charge on any atom is 0.341 e. The first-order valence-electron chi connectivity index (χ1n) is 7.60. The number of ether oxygens (including phenoxy) is 1. The van der Waals surface area contributed by atoms with Crippen LogP contribution in [0.3, 0.4) is 0 Å². The fraction of sp³-hybridized carbons (Fsp3) is 0.0556. The van der Waals surface area contributed by atoms with Crippen LogP contribution in [-0.2, 0) is 9.59 Å². The minimum Gasteiger partial charge on any atom is -0.481 e. The van der Waals surface area contributed by atoms with Crippen LogP contribution in [0.5, 0.6) is 5.75 Å². The second-order valence-corrected chi connectivity index (χ2v) is 7.65. The standard InChI is InChI=1S/C18H12BrClN2O4S/c19-13-7-10(1-6-14(13)26-9-16(23)24)8-15-17(25)22-18(27-15)21-12-4-2-11(20)3-5-12/h1-8H,9H2,(H,23,24)(H,21,22,25)/b15-8+. The maximum absolute atomic E-state index is 12.2. The highest BCUT2D eigenvalue weighted by molar-refractivity contribution is 9.10. The van der Waals surface area contributed by atoms with Crippen molar-refractivity contribution < 1.29 is 19.4 Å². The van der Waals surface area contributed by atoms with E-state index in [1.165, 1.54) is 11.8 Å². The third kappa shape index (κ3) is 5.35. The van der Waals surface area contributed by atoms with Crippen molar-refractivity contribution in [3.63, 3.8) is 0 Å². The number of carbonyl (C=O) groups is 2. The van der Waals surface area contributed by atoms with Crippen LogP contribution < -0.4 is 10.1 Å². The molecule has 1 aliphatic heterocycles. The van der Waals surface area contributed by atoms with E-state index in [2.05, 4.69) is 26.2 Å². The van der Waals surface area contributed by atoms with Crippen molar-refractivity contribution in [1.82, 2.24) is 5.32 Å². The molecule has 0 unspecified atom stereocenters. The number of nitrogens with one attached hydrogen (secondary N) is 1. The number of carboxylic acids is 1. The number of nitrogens with zero attached hydrogens (tertiary/aromatic N) is 1. The zero-order valence-corrected chi connectivity index (χ0v) is 16.8. The number of aliphatic carboxylic acids is 1. The molecule has 1 aliphatic rings. The summed E-state index contributed by atoms with van der Waals surface area (Å²) in [6, 6.07) is 12.1. The summed E-state index contributed by atoms with van der Waals surface area (Å²) >= 11 is 10.4. The van der Waals surface area contributed by atoms with E-state index in [0.29, 0.717) is 31.0 Å². The SMILES string of the molecule is O=C(O)COc1ccc(/C=C2/SC(=Nc3ccc(Cl)cc3)NC2=O)cc1Br. The second kappa shape index (κ2) is 8.60. The molecule has 0 spiro atoms. The average molecular weight is 468 g/mol. The third-order valence-corrected chi connectivity index (χ3v) is 5.09. The van der Waals surface area contributed by atoms with E-state index in [0.717, 1.165) is 5.56 Å². The Morgan fingerprint density at radius 1 is 1.30 bits per heavy atom. The van der Waals surface area contributed by atoms with Crippen molar-refractivity contribution in [2.75, 3.05) is 6.61 Å². The van der Waals surface area contributed by atoms with E-state index in [9.17, 15) is 9.59 Å². The van der Waals surface area contributed by atoms with Crippen LogP contribution in [0.1, 0.15) is 5.56 Å². The van der Waals surface area contributed by atoms with Gasteiger partial charge in [-0.25, -0.2) is 9.79 Å². The number of benzene rings is 2. The number of thioether (sulfide) groups is 1. The summed E-state index contributed by atoms with van der Waals surface area (Å²) in [7, 11) is 0. The molecule has 2 aromatic carbocycles. The molecule has 0 aromatic heterocycles. The molecule has 3 rings (SSSR count). The van der Waals surface area contributed by atoms with Gasteiger partial charge in [0.2, 0.25) is 0 Å². The molecule has 0 saturated carbocycles. The zero-order chi connectivity index (χ0) is 19.4. The van der Waals surface area contributed by atoms with Crippen molar-refractivity contribution in [3.8, 4) is 5.75 Å². The molecule has 9 heteroatoms.